The number of halogens is 3. The smallest absolute Gasteiger partial charge is 0.372 e. The van der Waals surface area contributed by atoms with Crippen molar-refractivity contribution < 1.29 is 22.7 Å². The van der Waals surface area contributed by atoms with Crippen LogP contribution in [0.4, 0.5) is 24.8 Å². The topological polar surface area (TPSA) is 108 Å². The summed E-state index contributed by atoms with van der Waals surface area (Å²) in [5, 5.41) is 6.44. The molecule has 3 atom stereocenters. The van der Waals surface area contributed by atoms with Crippen LogP contribution in [0.1, 0.15) is 43.2 Å². The van der Waals surface area contributed by atoms with Crippen molar-refractivity contribution in [3.8, 4) is 0 Å². The Hall–Kier alpha value is -3.22. The summed E-state index contributed by atoms with van der Waals surface area (Å²) in [6.07, 6.45) is 2.55. The molecule has 5 rings (SSSR count). The molecule has 0 unspecified atom stereocenters. The van der Waals surface area contributed by atoms with E-state index in [1.165, 1.54) is 0 Å². The van der Waals surface area contributed by atoms with E-state index in [2.05, 4.69) is 25.1 Å². The Kier molecular flexibility index (Phi) is 7.06. The van der Waals surface area contributed by atoms with Crippen LogP contribution in [0.25, 0.3) is 0 Å². The molecular weight excluding hydrogens is 491 g/mol. The second kappa shape index (κ2) is 10.3. The molecule has 0 aromatic carbocycles. The van der Waals surface area contributed by atoms with Gasteiger partial charge in [0, 0.05) is 50.7 Å². The minimum atomic E-state index is -4.47. The number of carbonyl (C=O) groups is 1. The van der Waals surface area contributed by atoms with Gasteiger partial charge in [0.2, 0.25) is 11.9 Å². The molecule has 0 spiro atoms. The number of aromatic nitrogens is 4. The summed E-state index contributed by atoms with van der Waals surface area (Å²) in [5.74, 6) is 0.241. The normalized spacial score (nSPS) is 24.6. The molecule has 1 N–H and O–H groups in total. The Labute approximate surface area is 211 Å². The number of nitrogens with one attached hydrogen (secondary N) is 1. The first-order chi connectivity index (χ1) is 17.7. The van der Waals surface area contributed by atoms with Crippen molar-refractivity contribution in [2.75, 3.05) is 42.5 Å². The second-order valence-electron chi connectivity index (χ2n) is 9.83. The predicted molar refractivity (Wildman–Crippen MR) is 128 cm³/mol. The molecule has 2 aromatic heterocycles. The van der Waals surface area contributed by atoms with E-state index in [0.717, 1.165) is 50.3 Å². The molecule has 2 aromatic rings. The molecule has 200 valence electrons. The van der Waals surface area contributed by atoms with E-state index in [0.29, 0.717) is 38.2 Å². The number of anilines is 2. The molecule has 1 amide bonds. The third kappa shape index (κ3) is 5.41. The fraction of sp³-hybridized carbons (Fsp3) is 0.625. The number of hydrogen-bond acceptors (Lipinski definition) is 8. The number of amides is 1. The van der Waals surface area contributed by atoms with Crippen LogP contribution in [0.3, 0.4) is 0 Å². The summed E-state index contributed by atoms with van der Waals surface area (Å²) >= 11 is 0. The fourth-order valence-corrected chi connectivity index (χ4v) is 5.49. The number of hydrogen-bond donors (Lipinski definition) is 1. The Balaban J connectivity index is 1.12. The standard InChI is InChI=1S/C24H30F3N7O3/c1-15-19(14-30-31-22(15)36)34-6-2-3-18(34)20-5-4-17(37-20)11-21(35)32-7-9-33(10-8-32)23-28-12-16(13-29-23)24(25,26)27/h12-14,17-18,20H,2-11H2,1H3,(H,31,36)/t17-,18-,20+/m0/s1. The summed E-state index contributed by atoms with van der Waals surface area (Å²) in [5.41, 5.74) is 0.408. The van der Waals surface area contributed by atoms with Gasteiger partial charge < -0.3 is 19.4 Å². The largest absolute Gasteiger partial charge is 0.419 e. The van der Waals surface area contributed by atoms with Gasteiger partial charge in [-0.2, -0.15) is 18.3 Å². The number of rotatable bonds is 5. The first-order valence-electron chi connectivity index (χ1n) is 12.6. The maximum absolute atomic E-state index is 13.0. The number of alkyl halides is 3. The summed E-state index contributed by atoms with van der Waals surface area (Å²) in [4.78, 5) is 38.5. The Morgan fingerprint density at radius 2 is 1.81 bits per heavy atom. The quantitative estimate of drug-likeness (QED) is 0.638. The molecule has 3 saturated heterocycles. The van der Waals surface area contributed by atoms with E-state index in [1.807, 2.05) is 0 Å². The monoisotopic (exact) mass is 521 g/mol. The highest BCUT2D eigenvalue weighted by Crippen LogP contribution is 2.35. The van der Waals surface area contributed by atoms with Crippen LogP contribution < -0.4 is 15.4 Å². The molecule has 5 heterocycles. The zero-order valence-electron chi connectivity index (χ0n) is 20.6. The average molecular weight is 522 g/mol. The van der Waals surface area contributed by atoms with E-state index in [-0.39, 0.29) is 35.7 Å². The zero-order chi connectivity index (χ0) is 26.2. The predicted octanol–water partition coefficient (Wildman–Crippen LogP) is 2.14. The maximum Gasteiger partial charge on any atom is 0.419 e. The fourth-order valence-electron chi connectivity index (χ4n) is 5.49. The van der Waals surface area contributed by atoms with E-state index < -0.39 is 11.7 Å². The minimum Gasteiger partial charge on any atom is -0.372 e. The van der Waals surface area contributed by atoms with Crippen molar-refractivity contribution in [2.45, 2.75) is 63.5 Å². The maximum atomic E-state index is 13.0. The van der Waals surface area contributed by atoms with Crippen LogP contribution in [-0.4, -0.2) is 81.9 Å². The van der Waals surface area contributed by atoms with Gasteiger partial charge in [0.25, 0.3) is 5.56 Å². The highest BCUT2D eigenvalue weighted by atomic mass is 19.4. The van der Waals surface area contributed by atoms with Crippen molar-refractivity contribution in [1.29, 1.82) is 0 Å². The Morgan fingerprint density at radius 3 is 2.51 bits per heavy atom. The lowest BCUT2D eigenvalue weighted by atomic mass is 10.0. The van der Waals surface area contributed by atoms with Gasteiger partial charge in [-0.15, -0.1) is 0 Å². The summed E-state index contributed by atoms with van der Waals surface area (Å²) in [6, 6.07) is 0.148. The van der Waals surface area contributed by atoms with Crippen LogP contribution in [0.5, 0.6) is 0 Å². The molecule has 3 aliphatic rings. The molecule has 10 nitrogen and oxygen atoms in total. The average Bonchev–Trinajstić information content (AvgIpc) is 3.55. The first kappa shape index (κ1) is 25.4. The summed E-state index contributed by atoms with van der Waals surface area (Å²) < 4.78 is 44.6. The van der Waals surface area contributed by atoms with Crippen LogP contribution >= 0.6 is 0 Å². The number of carbonyl (C=O) groups excluding carboxylic acids is 1. The number of H-pyrrole nitrogens is 1. The van der Waals surface area contributed by atoms with E-state index in [9.17, 15) is 22.8 Å². The molecular formula is C24H30F3N7O3. The van der Waals surface area contributed by atoms with Gasteiger partial charge in [0.1, 0.15) is 0 Å². The highest BCUT2D eigenvalue weighted by molar-refractivity contribution is 5.77. The van der Waals surface area contributed by atoms with Crippen LogP contribution in [0.15, 0.2) is 23.4 Å². The lowest BCUT2D eigenvalue weighted by Crippen LogP contribution is -2.49. The molecule has 3 aliphatic heterocycles. The van der Waals surface area contributed by atoms with Gasteiger partial charge in [-0.05, 0) is 32.6 Å². The minimum absolute atomic E-state index is 0.00680. The highest BCUT2D eigenvalue weighted by Gasteiger charge is 2.39. The van der Waals surface area contributed by atoms with E-state index >= 15 is 0 Å². The number of aromatic amines is 1. The lowest BCUT2D eigenvalue weighted by Gasteiger charge is -2.35. The molecule has 3 fully saturated rings. The Morgan fingerprint density at radius 1 is 1.08 bits per heavy atom. The van der Waals surface area contributed by atoms with Gasteiger partial charge in [0.15, 0.2) is 0 Å². The molecule has 0 saturated carbocycles. The van der Waals surface area contributed by atoms with Crippen molar-refractivity contribution in [1.82, 2.24) is 25.1 Å². The number of piperazine rings is 1. The lowest BCUT2D eigenvalue weighted by molar-refractivity contribution is -0.138. The summed E-state index contributed by atoms with van der Waals surface area (Å²) in [7, 11) is 0. The van der Waals surface area contributed by atoms with Crippen LogP contribution in [0.2, 0.25) is 0 Å². The van der Waals surface area contributed by atoms with Crippen LogP contribution in [-0.2, 0) is 15.7 Å². The van der Waals surface area contributed by atoms with Crippen molar-refractivity contribution in [2.24, 2.45) is 0 Å². The molecule has 0 aliphatic carbocycles. The Bertz CT molecular complexity index is 1170. The number of ether oxygens (including phenoxy) is 1. The molecule has 37 heavy (non-hydrogen) atoms. The zero-order valence-corrected chi connectivity index (χ0v) is 20.6. The van der Waals surface area contributed by atoms with Crippen LogP contribution in [0, 0.1) is 6.92 Å². The van der Waals surface area contributed by atoms with Crippen molar-refractivity contribution in [3.05, 3.63) is 40.1 Å². The van der Waals surface area contributed by atoms with E-state index in [1.54, 1.807) is 22.9 Å². The van der Waals surface area contributed by atoms with Gasteiger partial charge in [-0.25, -0.2) is 15.1 Å². The third-order valence-corrected chi connectivity index (χ3v) is 7.54. The van der Waals surface area contributed by atoms with Gasteiger partial charge in [-0.3, -0.25) is 9.59 Å². The van der Waals surface area contributed by atoms with Gasteiger partial charge in [-0.1, -0.05) is 0 Å². The van der Waals surface area contributed by atoms with Crippen molar-refractivity contribution >= 4 is 17.5 Å². The third-order valence-electron chi connectivity index (χ3n) is 7.54. The van der Waals surface area contributed by atoms with Gasteiger partial charge in [0.05, 0.1) is 42.1 Å². The first-order valence-corrected chi connectivity index (χ1v) is 12.6. The SMILES string of the molecule is Cc1c(N2CCC[C@H]2[C@H]2CC[C@@H](CC(=O)N3CCN(c4ncc(C(F)(F)F)cn4)CC3)O2)cn[nH]c1=O. The molecule has 0 radical (unpaired) electrons. The van der Waals surface area contributed by atoms with E-state index in [4.69, 9.17) is 4.74 Å². The number of nitrogens with zero attached hydrogens (tertiary/aromatic N) is 6. The van der Waals surface area contributed by atoms with Gasteiger partial charge >= 0.3 is 6.18 Å². The second-order valence-corrected chi connectivity index (χ2v) is 9.83. The molecule has 0 bridgehead atoms. The van der Waals surface area contributed by atoms with Crippen molar-refractivity contribution in [3.63, 3.8) is 0 Å². The molecule has 13 heteroatoms. The summed E-state index contributed by atoms with van der Waals surface area (Å²) in [6.45, 7) is 4.44.